The zero-order chi connectivity index (χ0) is 19.0. The number of carbonyl (C=O) groups is 1. The summed E-state index contributed by atoms with van der Waals surface area (Å²) < 4.78 is 5.43. The molecule has 2 rings (SSSR count). The van der Waals surface area contributed by atoms with Gasteiger partial charge in [0.2, 0.25) is 5.91 Å². The molecule has 7 heteroatoms. The zero-order valence-electron chi connectivity index (χ0n) is 16.3. The second-order valence-electron chi connectivity index (χ2n) is 6.95. The molecule has 0 atom stereocenters. The largest absolute Gasteiger partial charge is 0.377 e. The van der Waals surface area contributed by atoms with Crippen LogP contribution in [0, 0.1) is 0 Å². The van der Waals surface area contributed by atoms with Gasteiger partial charge in [0.15, 0.2) is 5.96 Å². The maximum Gasteiger partial charge on any atom is 0.239 e. The molecule has 0 saturated carbocycles. The monoisotopic (exact) mass is 361 g/mol. The fraction of sp³-hybridized carbons (Fsp3) is 0.579. The number of anilines is 1. The molecule has 3 N–H and O–H groups in total. The van der Waals surface area contributed by atoms with E-state index in [-0.39, 0.29) is 11.5 Å². The van der Waals surface area contributed by atoms with Crippen LogP contribution in [-0.4, -0.2) is 57.3 Å². The quantitative estimate of drug-likeness (QED) is 0.501. The Kier molecular flexibility index (Phi) is 7.26. The molecule has 1 saturated heterocycles. The maximum atomic E-state index is 11.5. The van der Waals surface area contributed by atoms with Gasteiger partial charge < -0.3 is 25.6 Å². The third-order valence-corrected chi connectivity index (χ3v) is 4.34. The minimum atomic E-state index is -0.251. The summed E-state index contributed by atoms with van der Waals surface area (Å²) in [5.41, 5.74) is 1.94. The predicted molar refractivity (Wildman–Crippen MR) is 106 cm³/mol. The third-order valence-electron chi connectivity index (χ3n) is 4.34. The lowest BCUT2D eigenvalue weighted by Gasteiger charge is -2.28. The number of benzene rings is 1. The fourth-order valence-electron chi connectivity index (χ4n) is 2.55. The molecule has 0 aliphatic carbocycles. The van der Waals surface area contributed by atoms with E-state index in [2.05, 4.69) is 50.1 Å². The summed E-state index contributed by atoms with van der Waals surface area (Å²) in [5, 5.41) is 9.40. The minimum Gasteiger partial charge on any atom is -0.377 e. The molecule has 1 aliphatic rings. The first kappa shape index (κ1) is 20.0. The number of hydrogen-bond acceptors (Lipinski definition) is 4. The number of aliphatic imine (C=N–C) groups is 1. The van der Waals surface area contributed by atoms with Crippen LogP contribution in [0.5, 0.6) is 0 Å². The lowest BCUT2D eigenvalue weighted by Crippen LogP contribution is -2.47. The molecule has 1 aromatic rings. The van der Waals surface area contributed by atoms with Crippen LogP contribution in [0.2, 0.25) is 0 Å². The van der Waals surface area contributed by atoms with E-state index in [0.717, 1.165) is 30.3 Å². The zero-order valence-corrected chi connectivity index (χ0v) is 16.3. The van der Waals surface area contributed by atoms with Gasteiger partial charge in [-0.25, -0.2) is 4.99 Å². The van der Waals surface area contributed by atoms with Crippen molar-refractivity contribution < 1.29 is 9.53 Å². The number of carbonyl (C=O) groups excluding carboxylic acids is 1. The summed E-state index contributed by atoms with van der Waals surface area (Å²) in [7, 11) is 1.71. The first-order chi connectivity index (χ1) is 12.4. The van der Waals surface area contributed by atoms with Crippen molar-refractivity contribution in [3.8, 4) is 0 Å². The first-order valence-electron chi connectivity index (χ1n) is 9.11. The van der Waals surface area contributed by atoms with E-state index in [1.54, 1.807) is 7.11 Å². The number of nitrogens with zero attached hydrogens (tertiary/aromatic N) is 2. The van der Waals surface area contributed by atoms with E-state index in [9.17, 15) is 4.79 Å². The smallest absolute Gasteiger partial charge is 0.239 e. The van der Waals surface area contributed by atoms with Gasteiger partial charge in [-0.3, -0.25) is 4.79 Å². The summed E-state index contributed by atoms with van der Waals surface area (Å²) in [6, 6.07) is 8.23. The second-order valence-corrected chi connectivity index (χ2v) is 6.95. The Morgan fingerprint density at radius 2 is 2.04 bits per heavy atom. The summed E-state index contributed by atoms with van der Waals surface area (Å²) in [4.78, 5) is 18.2. The van der Waals surface area contributed by atoms with Crippen molar-refractivity contribution in [2.45, 2.75) is 32.9 Å². The van der Waals surface area contributed by atoms with Crippen molar-refractivity contribution in [3.63, 3.8) is 0 Å². The molecule has 144 valence electrons. The fourth-order valence-corrected chi connectivity index (χ4v) is 2.55. The highest BCUT2D eigenvalue weighted by atomic mass is 16.5. The van der Waals surface area contributed by atoms with Crippen LogP contribution >= 0.6 is 0 Å². The normalized spacial score (nSPS) is 15.6. The molecule has 26 heavy (non-hydrogen) atoms. The van der Waals surface area contributed by atoms with Gasteiger partial charge in [0, 0.05) is 39.0 Å². The Morgan fingerprint density at radius 3 is 2.65 bits per heavy atom. The number of amides is 1. The van der Waals surface area contributed by atoms with E-state index >= 15 is 0 Å². The number of piperazine rings is 1. The number of methoxy groups -OCH3 is 1. The van der Waals surface area contributed by atoms with Crippen molar-refractivity contribution in [3.05, 3.63) is 29.8 Å². The van der Waals surface area contributed by atoms with Gasteiger partial charge in [0.25, 0.3) is 0 Å². The lowest BCUT2D eigenvalue weighted by molar-refractivity contribution is -0.120. The van der Waals surface area contributed by atoms with Crippen LogP contribution in [0.25, 0.3) is 0 Å². The highest BCUT2D eigenvalue weighted by molar-refractivity contribution is 5.82. The van der Waals surface area contributed by atoms with Crippen LogP contribution < -0.4 is 20.9 Å². The highest BCUT2D eigenvalue weighted by Crippen LogP contribution is 2.16. The van der Waals surface area contributed by atoms with Crippen molar-refractivity contribution in [1.82, 2.24) is 16.0 Å². The predicted octanol–water partition coefficient (Wildman–Crippen LogP) is 1.10. The van der Waals surface area contributed by atoms with E-state index in [1.165, 1.54) is 0 Å². The minimum absolute atomic E-state index is 0.0743. The molecule has 0 bridgehead atoms. The standard InChI is InChI=1S/C19H31N5O2/c1-5-20-18(23-14-19(2,3)26-4)22-12-15-6-8-16(9-7-15)24-11-10-21-17(25)13-24/h6-9H,5,10-14H2,1-4H3,(H,21,25)(H2,20,22,23). The van der Waals surface area contributed by atoms with Gasteiger partial charge in [-0.2, -0.15) is 0 Å². The number of guanidine groups is 1. The Labute approximate surface area is 156 Å². The van der Waals surface area contributed by atoms with Crippen molar-refractivity contribution in [2.75, 3.05) is 44.7 Å². The van der Waals surface area contributed by atoms with E-state index in [0.29, 0.717) is 26.2 Å². The van der Waals surface area contributed by atoms with Gasteiger partial charge >= 0.3 is 0 Å². The van der Waals surface area contributed by atoms with Crippen molar-refractivity contribution in [1.29, 1.82) is 0 Å². The highest BCUT2D eigenvalue weighted by Gasteiger charge is 2.17. The van der Waals surface area contributed by atoms with E-state index in [1.807, 2.05) is 20.8 Å². The summed E-state index contributed by atoms with van der Waals surface area (Å²) in [6.07, 6.45) is 0. The van der Waals surface area contributed by atoms with Crippen LogP contribution in [-0.2, 0) is 16.1 Å². The Morgan fingerprint density at radius 1 is 1.31 bits per heavy atom. The Balaban J connectivity index is 1.94. The van der Waals surface area contributed by atoms with Crippen LogP contribution in [0.15, 0.2) is 29.3 Å². The number of ether oxygens (including phenoxy) is 1. The molecular weight excluding hydrogens is 330 g/mol. The lowest BCUT2D eigenvalue weighted by atomic mass is 10.1. The van der Waals surface area contributed by atoms with Crippen LogP contribution in [0.3, 0.4) is 0 Å². The average Bonchev–Trinajstić information content (AvgIpc) is 2.64. The molecule has 0 radical (unpaired) electrons. The second kappa shape index (κ2) is 9.43. The third kappa shape index (κ3) is 6.22. The Hall–Kier alpha value is -2.28. The molecule has 0 aromatic heterocycles. The molecule has 1 aromatic carbocycles. The molecular formula is C19H31N5O2. The van der Waals surface area contributed by atoms with E-state index < -0.39 is 0 Å². The molecule has 7 nitrogen and oxygen atoms in total. The first-order valence-corrected chi connectivity index (χ1v) is 9.11. The van der Waals surface area contributed by atoms with Crippen molar-refractivity contribution in [2.24, 2.45) is 4.99 Å². The number of hydrogen-bond donors (Lipinski definition) is 3. The Bertz CT molecular complexity index is 613. The summed E-state index contributed by atoms with van der Waals surface area (Å²) in [6.45, 7) is 10.1. The molecule has 1 heterocycles. The molecule has 1 amide bonds. The van der Waals surface area contributed by atoms with Gasteiger partial charge in [-0.15, -0.1) is 0 Å². The van der Waals surface area contributed by atoms with Gasteiger partial charge in [-0.05, 0) is 38.5 Å². The number of rotatable bonds is 7. The van der Waals surface area contributed by atoms with Crippen molar-refractivity contribution >= 4 is 17.6 Å². The van der Waals surface area contributed by atoms with Gasteiger partial charge in [0.1, 0.15) is 0 Å². The number of nitrogens with one attached hydrogen (secondary N) is 3. The average molecular weight is 361 g/mol. The summed E-state index contributed by atoms with van der Waals surface area (Å²) in [5.74, 6) is 0.847. The van der Waals surface area contributed by atoms with Gasteiger partial charge in [-0.1, -0.05) is 12.1 Å². The maximum absolute atomic E-state index is 11.5. The van der Waals surface area contributed by atoms with E-state index in [4.69, 9.17) is 4.74 Å². The van der Waals surface area contributed by atoms with Gasteiger partial charge in [0.05, 0.1) is 18.7 Å². The summed E-state index contributed by atoms with van der Waals surface area (Å²) >= 11 is 0. The molecule has 0 unspecified atom stereocenters. The molecule has 1 aliphatic heterocycles. The SMILES string of the molecule is CCNC(=NCc1ccc(N2CCNC(=O)C2)cc1)NCC(C)(C)OC. The topological polar surface area (TPSA) is 78.0 Å². The van der Waals surface area contributed by atoms with Crippen LogP contribution in [0.4, 0.5) is 5.69 Å². The van der Waals surface area contributed by atoms with Crippen LogP contribution in [0.1, 0.15) is 26.3 Å². The molecule has 1 fully saturated rings. The molecule has 0 spiro atoms.